The molecule has 2 heterocycles. The van der Waals surface area contributed by atoms with Gasteiger partial charge in [-0.15, -0.1) is 0 Å². The van der Waals surface area contributed by atoms with Crippen molar-refractivity contribution in [2.45, 2.75) is 32.5 Å². The van der Waals surface area contributed by atoms with E-state index >= 15 is 0 Å². The second-order valence-electron chi connectivity index (χ2n) is 7.78. The zero-order valence-corrected chi connectivity index (χ0v) is 19.3. The number of hydrogen-bond acceptors (Lipinski definition) is 8. The van der Waals surface area contributed by atoms with E-state index in [9.17, 15) is 14.7 Å². The smallest absolute Gasteiger partial charge is 0.339 e. The standard InChI is InChI=1S/C23H28N6O5/c1-14(30)15(2)33-17-9-16(22(31)28-20(24)5-6-25-3)10-18(11-17)34-21-13-26-19(12-27-21)23(32)29-7-4-8-29/h5-6,9-15,25,30H,4,7-8H2,1-3H3,(H2,24,28,31)/p+1/b6-5-/t14-,15-/m0/s1. The molecule has 0 aliphatic carbocycles. The summed E-state index contributed by atoms with van der Waals surface area (Å²) in [6.07, 6.45) is 5.48. The van der Waals surface area contributed by atoms with Crippen molar-refractivity contribution < 1.29 is 29.6 Å². The molecular formula is C23H29N6O5+. The van der Waals surface area contributed by atoms with Crippen LogP contribution >= 0.6 is 0 Å². The monoisotopic (exact) mass is 469 g/mol. The normalized spacial score (nSPS) is 14.6. The van der Waals surface area contributed by atoms with E-state index in [1.54, 1.807) is 38.1 Å². The van der Waals surface area contributed by atoms with Gasteiger partial charge in [0.25, 0.3) is 11.7 Å². The maximum Gasteiger partial charge on any atom is 0.339 e. The number of aliphatic hydroxyl groups is 1. The van der Waals surface area contributed by atoms with Crippen LogP contribution in [-0.2, 0) is 0 Å². The van der Waals surface area contributed by atoms with E-state index in [0.29, 0.717) is 18.8 Å². The number of nitrogens with two attached hydrogens (primary N) is 1. The Morgan fingerprint density at radius 1 is 1.18 bits per heavy atom. The van der Waals surface area contributed by atoms with Crippen molar-refractivity contribution in [2.75, 3.05) is 20.1 Å². The molecule has 0 unspecified atom stereocenters. The van der Waals surface area contributed by atoms with E-state index in [4.69, 9.17) is 14.9 Å². The third-order valence-electron chi connectivity index (χ3n) is 5.04. The Balaban J connectivity index is 1.81. The summed E-state index contributed by atoms with van der Waals surface area (Å²) in [6, 6.07) is 4.56. The number of carbonyl (C=O) groups excluding carboxylic acids is 2. The van der Waals surface area contributed by atoms with Gasteiger partial charge in [0.2, 0.25) is 5.88 Å². The molecule has 2 atom stereocenters. The minimum absolute atomic E-state index is 0.135. The highest BCUT2D eigenvalue weighted by atomic mass is 16.5. The molecule has 2 amide bonds. The van der Waals surface area contributed by atoms with E-state index < -0.39 is 18.1 Å². The molecule has 0 radical (unpaired) electrons. The summed E-state index contributed by atoms with van der Waals surface area (Å²) in [6.45, 7) is 4.73. The number of rotatable bonds is 9. The SMILES string of the molecule is CN/C=C\C(=[NH2+])NC(=O)c1cc(Oc2cnc(C(=O)N3CCC3)cn2)cc(O[C@@H](C)[C@H](C)O)c1. The molecule has 0 spiro atoms. The Kier molecular flexibility index (Phi) is 8.14. The van der Waals surface area contributed by atoms with Crippen LogP contribution in [0, 0.1) is 0 Å². The first-order valence-electron chi connectivity index (χ1n) is 10.8. The Labute approximate surface area is 197 Å². The number of amidine groups is 1. The van der Waals surface area contributed by atoms with E-state index in [1.165, 1.54) is 30.6 Å². The van der Waals surface area contributed by atoms with Gasteiger partial charge in [-0.05, 0) is 32.4 Å². The van der Waals surface area contributed by atoms with Gasteiger partial charge in [0.1, 0.15) is 23.3 Å². The molecule has 1 aromatic heterocycles. The van der Waals surface area contributed by atoms with E-state index in [2.05, 4.69) is 20.6 Å². The van der Waals surface area contributed by atoms with E-state index in [1.807, 2.05) is 0 Å². The molecule has 3 rings (SSSR count). The number of amides is 2. The number of hydrogen-bond donors (Lipinski definition) is 4. The average Bonchev–Trinajstić information content (AvgIpc) is 2.76. The second-order valence-corrected chi connectivity index (χ2v) is 7.78. The summed E-state index contributed by atoms with van der Waals surface area (Å²) in [5, 5.41) is 20.9. The van der Waals surface area contributed by atoms with Crippen molar-refractivity contribution in [3.05, 3.63) is 54.1 Å². The Hall–Kier alpha value is -3.99. The summed E-state index contributed by atoms with van der Waals surface area (Å²) in [7, 11) is 1.70. The van der Waals surface area contributed by atoms with Gasteiger partial charge in [0.05, 0.1) is 24.1 Å². The molecule has 180 valence electrons. The molecule has 0 saturated carbocycles. The molecule has 2 aromatic rings. The van der Waals surface area contributed by atoms with Crippen LogP contribution in [0.1, 0.15) is 41.1 Å². The zero-order chi connectivity index (χ0) is 24.7. The van der Waals surface area contributed by atoms with Crippen molar-refractivity contribution in [3.8, 4) is 17.4 Å². The van der Waals surface area contributed by atoms with Crippen LogP contribution in [-0.4, -0.2) is 70.0 Å². The molecule has 5 N–H and O–H groups in total. The van der Waals surface area contributed by atoms with Gasteiger partial charge in [-0.3, -0.25) is 10.2 Å². The Morgan fingerprint density at radius 2 is 1.91 bits per heavy atom. The highest BCUT2D eigenvalue weighted by Gasteiger charge is 2.23. The van der Waals surface area contributed by atoms with Crippen LogP contribution < -0.4 is 25.5 Å². The maximum absolute atomic E-state index is 12.7. The van der Waals surface area contributed by atoms with Crippen molar-refractivity contribution in [2.24, 2.45) is 0 Å². The molecule has 0 bridgehead atoms. The third-order valence-corrected chi connectivity index (χ3v) is 5.04. The van der Waals surface area contributed by atoms with Crippen LogP contribution in [0.5, 0.6) is 17.4 Å². The fourth-order valence-corrected chi connectivity index (χ4v) is 2.84. The molecule has 1 saturated heterocycles. The van der Waals surface area contributed by atoms with Gasteiger partial charge in [0.15, 0.2) is 0 Å². The summed E-state index contributed by atoms with van der Waals surface area (Å²) in [4.78, 5) is 35.0. The minimum Gasteiger partial charge on any atom is -0.488 e. The molecule has 1 aliphatic heterocycles. The lowest BCUT2D eigenvalue weighted by Gasteiger charge is -2.30. The summed E-state index contributed by atoms with van der Waals surface area (Å²) >= 11 is 0. The Morgan fingerprint density at radius 3 is 2.50 bits per heavy atom. The molecule has 34 heavy (non-hydrogen) atoms. The van der Waals surface area contributed by atoms with Crippen LogP contribution in [0.15, 0.2) is 42.9 Å². The highest BCUT2D eigenvalue weighted by molar-refractivity contribution is 6.08. The van der Waals surface area contributed by atoms with Crippen molar-refractivity contribution in [1.82, 2.24) is 25.5 Å². The first kappa shape index (κ1) is 24.6. The van der Waals surface area contributed by atoms with Crippen molar-refractivity contribution in [1.29, 1.82) is 0 Å². The first-order chi connectivity index (χ1) is 16.3. The number of benzene rings is 1. The lowest BCUT2D eigenvalue weighted by molar-refractivity contribution is -0.115. The molecular weight excluding hydrogens is 440 g/mol. The number of aliphatic hydroxyl groups excluding tert-OH is 1. The predicted molar refractivity (Wildman–Crippen MR) is 123 cm³/mol. The molecule has 1 aromatic carbocycles. The number of likely N-dealkylation sites (tertiary alicyclic amines) is 1. The zero-order valence-electron chi connectivity index (χ0n) is 19.3. The second kappa shape index (κ2) is 11.2. The Bertz CT molecular complexity index is 1070. The van der Waals surface area contributed by atoms with Gasteiger partial charge in [-0.2, -0.15) is 0 Å². The first-order valence-corrected chi connectivity index (χ1v) is 10.8. The molecule has 11 heteroatoms. The van der Waals surface area contributed by atoms with Crippen LogP contribution in [0.2, 0.25) is 0 Å². The lowest BCUT2D eigenvalue weighted by Crippen LogP contribution is -2.49. The lowest BCUT2D eigenvalue weighted by atomic mass is 10.1. The van der Waals surface area contributed by atoms with E-state index in [0.717, 1.165) is 6.42 Å². The van der Waals surface area contributed by atoms with Gasteiger partial charge >= 0.3 is 5.91 Å². The molecule has 1 fully saturated rings. The van der Waals surface area contributed by atoms with Crippen LogP contribution in [0.25, 0.3) is 0 Å². The maximum atomic E-state index is 12.7. The molecule has 1 aliphatic rings. The quantitative estimate of drug-likeness (QED) is 0.293. The summed E-state index contributed by atoms with van der Waals surface area (Å²) in [5.41, 5.74) is 0.444. The third kappa shape index (κ3) is 6.51. The fourth-order valence-electron chi connectivity index (χ4n) is 2.84. The minimum atomic E-state index is -0.736. The van der Waals surface area contributed by atoms with Crippen molar-refractivity contribution >= 4 is 17.6 Å². The fraction of sp³-hybridized carbons (Fsp3) is 0.348. The predicted octanol–water partition coefficient (Wildman–Crippen LogP) is -0.117. The highest BCUT2D eigenvalue weighted by Crippen LogP contribution is 2.27. The summed E-state index contributed by atoms with van der Waals surface area (Å²) < 4.78 is 11.5. The van der Waals surface area contributed by atoms with E-state index in [-0.39, 0.29) is 34.6 Å². The van der Waals surface area contributed by atoms with Gasteiger partial charge in [-0.25, -0.2) is 20.1 Å². The average molecular weight is 470 g/mol. The van der Waals surface area contributed by atoms with Crippen LogP contribution in [0.3, 0.4) is 0 Å². The number of aromatic nitrogens is 2. The van der Waals surface area contributed by atoms with Gasteiger partial charge in [0, 0.05) is 38.5 Å². The number of nitrogens with one attached hydrogen (secondary N) is 2. The number of ether oxygens (including phenoxy) is 2. The van der Waals surface area contributed by atoms with Gasteiger partial charge < -0.3 is 24.8 Å². The molecule has 11 nitrogen and oxygen atoms in total. The largest absolute Gasteiger partial charge is 0.488 e. The topological polar surface area (TPSA) is 151 Å². The number of carbonyl (C=O) groups is 2. The van der Waals surface area contributed by atoms with Gasteiger partial charge in [-0.1, -0.05) is 0 Å². The summed E-state index contributed by atoms with van der Waals surface area (Å²) in [5.74, 6) is 0.167. The number of nitrogens with zero attached hydrogens (tertiary/aromatic N) is 3. The van der Waals surface area contributed by atoms with Crippen LogP contribution in [0.4, 0.5) is 0 Å². The van der Waals surface area contributed by atoms with Crippen molar-refractivity contribution in [3.63, 3.8) is 0 Å².